The Morgan fingerprint density at radius 3 is 2.58 bits per heavy atom. The summed E-state index contributed by atoms with van der Waals surface area (Å²) in [6, 6.07) is 10.3. The van der Waals surface area contributed by atoms with Gasteiger partial charge in [-0.1, -0.05) is 32.0 Å². The van der Waals surface area contributed by atoms with E-state index in [0.29, 0.717) is 11.6 Å². The summed E-state index contributed by atoms with van der Waals surface area (Å²) in [6.45, 7) is 6.50. The molecular weight excluding hydrogens is 298 g/mol. The summed E-state index contributed by atoms with van der Waals surface area (Å²) in [5.74, 6) is 0.624. The van der Waals surface area contributed by atoms with Gasteiger partial charge < -0.3 is 4.90 Å². The number of aromatic nitrogens is 2. The molecule has 4 nitrogen and oxygen atoms in total. The Bertz CT molecular complexity index is 718. The van der Waals surface area contributed by atoms with Gasteiger partial charge in [0.15, 0.2) is 5.69 Å². The molecule has 0 saturated carbocycles. The van der Waals surface area contributed by atoms with E-state index in [1.54, 1.807) is 0 Å². The van der Waals surface area contributed by atoms with Gasteiger partial charge in [-0.15, -0.1) is 0 Å². The van der Waals surface area contributed by atoms with E-state index in [1.165, 1.54) is 5.69 Å². The van der Waals surface area contributed by atoms with Crippen LogP contribution < -0.4 is 0 Å². The fourth-order valence-electron chi connectivity index (χ4n) is 3.60. The quantitative estimate of drug-likeness (QED) is 0.837. The summed E-state index contributed by atoms with van der Waals surface area (Å²) in [7, 11) is 1.90. The molecule has 0 aliphatic heterocycles. The summed E-state index contributed by atoms with van der Waals surface area (Å²) >= 11 is 0. The van der Waals surface area contributed by atoms with Crippen LogP contribution in [0.4, 0.5) is 0 Å². The lowest BCUT2D eigenvalue weighted by atomic mass is 10.0. The third-order valence-corrected chi connectivity index (χ3v) is 4.93. The first-order valence-corrected chi connectivity index (χ1v) is 8.92. The molecule has 0 bridgehead atoms. The number of fused-ring (bicyclic) bond motifs is 1. The number of amides is 1. The molecule has 24 heavy (non-hydrogen) atoms. The molecular formula is C20H27N3O. The molecule has 0 N–H and O–H groups in total. The summed E-state index contributed by atoms with van der Waals surface area (Å²) in [4.78, 5) is 14.9. The highest BCUT2D eigenvalue weighted by Gasteiger charge is 2.29. The number of nitrogens with zero attached hydrogens (tertiary/aromatic N) is 3. The summed E-state index contributed by atoms with van der Waals surface area (Å²) < 4.78 is 1.97. The highest BCUT2D eigenvalue weighted by atomic mass is 16.2. The Hall–Kier alpha value is -2.10. The van der Waals surface area contributed by atoms with E-state index in [0.717, 1.165) is 36.9 Å². The number of para-hydroxylation sites is 1. The van der Waals surface area contributed by atoms with Crippen LogP contribution in [0.1, 0.15) is 55.4 Å². The summed E-state index contributed by atoms with van der Waals surface area (Å²) in [6.07, 6.45) is 4.06. The molecule has 1 heterocycles. The van der Waals surface area contributed by atoms with Crippen LogP contribution in [0.5, 0.6) is 0 Å². The second-order valence-electron chi connectivity index (χ2n) is 7.27. The van der Waals surface area contributed by atoms with E-state index in [2.05, 4.69) is 20.8 Å². The minimum Gasteiger partial charge on any atom is -0.338 e. The molecule has 1 aromatic carbocycles. The normalized spacial score (nSPS) is 14.7. The fraction of sp³-hybridized carbons (Fsp3) is 0.500. The molecule has 1 amide bonds. The molecule has 0 fully saturated rings. The molecule has 1 atom stereocenters. The highest BCUT2D eigenvalue weighted by Crippen LogP contribution is 2.29. The number of hydrogen-bond donors (Lipinski definition) is 0. The van der Waals surface area contributed by atoms with E-state index in [9.17, 15) is 4.79 Å². The van der Waals surface area contributed by atoms with Gasteiger partial charge in [-0.25, -0.2) is 4.68 Å². The van der Waals surface area contributed by atoms with E-state index in [4.69, 9.17) is 5.10 Å². The van der Waals surface area contributed by atoms with Crippen LogP contribution in [0.2, 0.25) is 0 Å². The van der Waals surface area contributed by atoms with Gasteiger partial charge in [-0.3, -0.25) is 4.79 Å². The molecule has 2 aromatic rings. The second-order valence-corrected chi connectivity index (χ2v) is 7.27. The maximum absolute atomic E-state index is 13.0. The van der Waals surface area contributed by atoms with Gasteiger partial charge in [-0.05, 0) is 50.7 Å². The Balaban J connectivity index is 1.93. The minimum absolute atomic E-state index is 0.0518. The predicted molar refractivity (Wildman–Crippen MR) is 96.6 cm³/mol. The topological polar surface area (TPSA) is 38.1 Å². The molecule has 0 spiro atoms. The molecule has 1 aromatic heterocycles. The molecule has 1 unspecified atom stereocenters. The first-order valence-electron chi connectivity index (χ1n) is 8.92. The molecule has 0 saturated heterocycles. The lowest BCUT2D eigenvalue weighted by molar-refractivity contribution is 0.0720. The van der Waals surface area contributed by atoms with Crippen molar-refractivity contribution in [3.8, 4) is 5.69 Å². The van der Waals surface area contributed by atoms with E-state index >= 15 is 0 Å². The van der Waals surface area contributed by atoms with Crippen LogP contribution >= 0.6 is 0 Å². The van der Waals surface area contributed by atoms with Crippen molar-refractivity contribution in [3.05, 3.63) is 47.3 Å². The second kappa shape index (κ2) is 6.80. The number of rotatable bonds is 5. The molecule has 3 rings (SSSR count). The molecule has 1 aliphatic rings. The Labute approximate surface area is 144 Å². The van der Waals surface area contributed by atoms with Crippen molar-refractivity contribution in [2.45, 2.75) is 52.5 Å². The first-order chi connectivity index (χ1) is 11.5. The fourth-order valence-corrected chi connectivity index (χ4v) is 3.60. The van der Waals surface area contributed by atoms with Crippen LogP contribution in [-0.2, 0) is 12.8 Å². The van der Waals surface area contributed by atoms with Crippen molar-refractivity contribution in [1.29, 1.82) is 0 Å². The molecule has 128 valence electrons. The van der Waals surface area contributed by atoms with E-state index < -0.39 is 0 Å². The van der Waals surface area contributed by atoms with Crippen LogP contribution in [0.3, 0.4) is 0 Å². The van der Waals surface area contributed by atoms with Crippen molar-refractivity contribution >= 4 is 5.91 Å². The summed E-state index contributed by atoms with van der Waals surface area (Å²) in [5, 5.41) is 4.71. The van der Waals surface area contributed by atoms with Gasteiger partial charge in [0.25, 0.3) is 5.91 Å². The van der Waals surface area contributed by atoms with E-state index in [1.807, 2.05) is 47.0 Å². The summed E-state index contributed by atoms with van der Waals surface area (Å²) in [5.41, 5.74) is 4.03. The van der Waals surface area contributed by atoms with Gasteiger partial charge in [0.2, 0.25) is 0 Å². The lowest BCUT2D eigenvalue weighted by Gasteiger charge is -2.26. The Kier molecular flexibility index (Phi) is 4.74. The van der Waals surface area contributed by atoms with E-state index in [-0.39, 0.29) is 11.9 Å². The minimum atomic E-state index is 0.0518. The van der Waals surface area contributed by atoms with Gasteiger partial charge in [-0.2, -0.15) is 5.10 Å². The van der Waals surface area contributed by atoms with Crippen LogP contribution in [0.15, 0.2) is 30.3 Å². The zero-order valence-corrected chi connectivity index (χ0v) is 15.1. The number of benzene rings is 1. The lowest BCUT2D eigenvalue weighted by Crippen LogP contribution is -2.36. The van der Waals surface area contributed by atoms with Gasteiger partial charge in [0.05, 0.1) is 5.69 Å². The molecule has 4 heteroatoms. The molecule has 0 radical (unpaired) electrons. The average molecular weight is 325 g/mol. The number of hydrogen-bond acceptors (Lipinski definition) is 2. The smallest absolute Gasteiger partial charge is 0.274 e. The van der Waals surface area contributed by atoms with Crippen LogP contribution in [-0.4, -0.2) is 33.7 Å². The van der Waals surface area contributed by atoms with Gasteiger partial charge in [0.1, 0.15) is 0 Å². The SMILES string of the molecule is CC(C)CC(C)N(C)C(=O)c1nn(-c2ccccc2)c2c1CCC2. The van der Waals surface area contributed by atoms with Crippen molar-refractivity contribution in [3.63, 3.8) is 0 Å². The van der Waals surface area contributed by atoms with Crippen molar-refractivity contribution in [2.24, 2.45) is 5.92 Å². The van der Waals surface area contributed by atoms with Crippen LogP contribution in [0, 0.1) is 5.92 Å². The third kappa shape index (κ3) is 3.10. The van der Waals surface area contributed by atoms with Crippen molar-refractivity contribution in [2.75, 3.05) is 7.05 Å². The monoisotopic (exact) mass is 325 g/mol. The Morgan fingerprint density at radius 2 is 1.92 bits per heavy atom. The van der Waals surface area contributed by atoms with Crippen molar-refractivity contribution < 1.29 is 4.79 Å². The van der Waals surface area contributed by atoms with Gasteiger partial charge >= 0.3 is 0 Å². The largest absolute Gasteiger partial charge is 0.338 e. The highest BCUT2D eigenvalue weighted by molar-refractivity contribution is 5.94. The average Bonchev–Trinajstić information content (AvgIpc) is 3.15. The Morgan fingerprint density at radius 1 is 1.21 bits per heavy atom. The number of carbonyl (C=O) groups is 1. The van der Waals surface area contributed by atoms with Crippen LogP contribution in [0.25, 0.3) is 5.69 Å². The zero-order chi connectivity index (χ0) is 17.3. The standard InChI is InChI=1S/C20H27N3O/c1-14(2)13-15(3)22(4)20(24)19-17-11-8-12-18(17)23(21-19)16-9-6-5-7-10-16/h5-7,9-10,14-15H,8,11-13H2,1-4H3. The van der Waals surface area contributed by atoms with Gasteiger partial charge in [0, 0.05) is 24.3 Å². The maximum atomic E-state index is 13.0. The number of carbonyl (C=O) groups excluding carboxylic acids is 1. The predicted octanol–water partition coefficient (Wildman–Crippen LogP) is 3.87. The first kappa shape index (κ1) is 16.7. The third-order valence-electron chi connectivity index (χ3n) is 4.93. The maximum Gasteiger partial charge on any atom is 0.274 e. The molecule has 1 aliphatic carbocycles. The van der Waals surface area contributed by atoms with Crippen molar-refractivity contribution in [1.82, 2.24) is 14.7 Å². The zero-order valence-electron chi connectivity index (χ0n) is 15.1.